The maximum atomic E-state index is 2.45. The van der Waals surface area contributed by atoms with Gasteiger partial charge in [-0.15, -0.1) is 22.7 Å². The fourth-order valence-corrected chi connectivity index (χ4v) is 10.7. The molecule has 0 spiro atoms. The van der Waals surface area contributed by atoms with Crippen molar-refractivity contribution in [3.05, 3.63) is 158 Å². The zero-order valence-electron chi connectivity index (χ0n) is 25.8. The Labute approximate surface area is 284 Å². The number of hydrogen-bond donors (Lipinski definition) is 0. The van der Waals surface area contributed by atoms with Gasteiger partial charge in [0.2, 0.25) is 0 Å². The monoisotopic (exact) mass is 642 g/mol. The average molecular weight is 643 g/mol. The fraction of sp³-hybridized carbons (Fsp3) is 0. The van der Waals surface area contributed by atoms with Gasteiger partial charge in [0.15, 0.2) is 0 Å². The first-order valence-corrected chi connectivity index (χ1v) is 18.1. The van der Waals surface area contributed by atoms with Gasteiger partial charge in [0.1, 0.15) is 0 Å². The Bertz CT molecular complexity index is 3060. The van der Waals surface area contributed by atoms with Gasteiger partial charge in [0, 0.05) is 40.3 Å². The lowest BCUT2D eigenvalue weighted by molar-refractivity contribution is 1.69. The van der Waals surface area contributed by atoms with Gasteiger partial charge in [0.05, 0.1) is 0 Å². The second kappa shape index (κ2) is 9.98. The molecule has 0 nitrogen and oxygen atoms in total. The minimum Gasteiger partial charge on any atom is -0.135 e. The third kappa shape index (κ3) is 3.65. The molecule has 9 aromatic carbocycles. The van der Waals surface area contributed by atoms with Gasteiger partial charge in [-0.3, -0.25) is 0 Å². The lowest BCUT2D eigenvalue weighted by Crippen LogP contribution is -1.91. The molecule has 0 aliphatic rings. The zero-order valence-corrected chi connectivity index (χ0v) is 27.5. The standard InChI is InChI=1S/C46H26S2/c1-3-13-30-27(10-1)12-9-19-33(30)43-36-17-7-5-15-34(36)42(35-16-6-8-18-37(35)43)29-20-22-32-38-23-25-40-45(46(38)48-41(32)26-29)44-31-14-4-2-11-28(31)21-24-39(44)47-40/h1-26H. The predicted octanol–water partition coefficient (Wildman–Crippen LogP) is 14.4. The number of thiophene rings is 2. The van der Waals surface area contributed by atoms with E-state index in [1.165, 1.54) is 106 Å². The Morgan fingerprint density at radius 3 is 1.62 bits per heavy atom. The van der Waals surface area contributed by atoms with Gasteiger partial charge in [-0.2, -0.15) is 0 Å². The lowest BCUT2D eigenvalue weighted by atomic mass is 9.84. The van der Waals surface area contributed by atoms with Crippen LogP contribution in [0.4, 0.5) is 0 Å². The Morgan fingerprint density at radius 2 is 0.875 bits per heavy atom. The quantitative estimate of drug-likeness (QED) is 0.165. The molecule has 0 bridgehead atoms. The Morgan fingerprint density at radius 1 is 0.312 bits per heavy atom. The molecule has 2 heterocycles. The van der Waals surface area contributed by atoms with E-state index in [1.54, 1.807) is 0 Å². The van der Waals surface area contributed by atoms with Crippen LogP contribution in [0, 0.1) is 0 Å². The van der Waals surface area contributed by atoms with Crippen LogP contribution in [-0.4, -0.2) is 0 Å². The molecule has 222 valence electrons. The first-order chi connectivity index (χ1) is 23.8. The Balaban J connectivity index is 1.21. The lowest BCUT2D eigenvalue weighted by Gasteiger charge is -2.18. The van der Waals surface area contributed by atoms with E-state index >= 15 is 0 Å². The third-order valence-corrected chi connectivity index (χ3v) is 12.5. The normalized spacial score (nSPS) is 12.2. The summed E-state index contributed by atoms with van der Waals surface area (Å²) < 4.78 is 5.45. The molecular weight excluding hydrogens is 617 g/mol. The van der Waals surface area contributed by atoms with Crippen molar-refractivity contribution in [1.82, 2.24) is 0 Å². The highest BCUT2D eigenvalue weighted by Crippen LogP contribution is 2.49. The molecule has 0 atom stereocenters. The highest BCUT2D eigenvalue weighted by atomic mass is 32.1. The maximum Gasteiger partial charge on any atom is 0.0448 e. The molecule has 0 N–H and O–H groups in total. The van der Waals surface area contributed by atoms with Crippen LogP contribution >= 0.6 is 22.7 Å². The molecule has 0 saturated heterocycles. The van der Waals surface area contributed by atoms with Crippen molar-refractivity contribution in [3.8, 4) is 22.3 Å². The first-order valence-electron chi connectivity index (χ1n) is 16.4. The summed E-state index contributed by atoms with van der Waals surface area (Å²) in [5.74, 6) is 0. The first kappa shape index (κ1) is 26.5. The van der Waals surface area contributed by atoms with Crippen molar-refractivity contribution >= 4 is 106 Å². The molecule has 0 amide bonds. The molecule has 48 heavy (non-hydrogen) atoms. The van der Waals surface area contributed by atoms with E-state index in [2.05, 4.69) is 158 Å². The Hall–Kier alpha value is -5.54. The highest BCUT2D eigenvalue weighted by Gasteiger charge is 2.20. The van der Waals surface area contributed by atoms with Crippen LogP contribution in [-0.2, 0) is 0 Å². The fourth-order valence-electron chi connectivity index (χ4n) is 8.19. The zero-order chi connectivity index (χ0) is 31.3. The molecule has 11 rings (SSSR count). The molecule has 2 heteroatoms. The minimum atomic E-state index is 1.27. The van der Waals surface area contributed by atoms with E-state index in [-0.39, 0.29) is 0 Å². The van der Waals surface area contributed by atoms with E-state index in [4.69, 9.17) is 0 Å². The maximum absolute atomic E-state index is 2.45. The van der Waals surface area contributed by atoms with Gasteiger partial charge < -0.3 is 0 Å². The van der Waals surface area contributed by atoms with Gasteiger partial charge in [-0.05, 0) is 83.5 Å². The van der Waals surface area contributed by atoms with E-state index in [0.717, 1.165) is 0 Å². The van der Waals surface area contributed by atoms with Gasteiger partial charge in [0.25, 0.3) is 0 Å². The third-order valence-electron chi connectivity index (χ3n) is 10.2. The summed E-state index contributed by atoms with van der Waals surface area (Å²) in [4.78, 5) is 0. The predicted molar refractivity (Wildman–Crippen MR) is 213 cm³/mol. The molecule has 0 aliphatic carbocycles. The molecular formula is C46H26S2. The molecule has 0 radical (unpaired) electrons. The summed E-state index contributed by atoms with van der Waals surface area (Å²) in [5, 5.41) is 15.8. The molecule has 0 fully saturated rings. The van der Waals surface area contributed by atoms with Gasteiger partial charge >= 0.3 is 0 Å². The molecule has 11 aromatic rings. The van der Waals surface area contributed by atoms with Crippen molar-refractivity contribution in [1.29, 1.82) is 0 Å². The molecule has 0 saturated carbocycles. The molecule has 2 aromatic heterocycles. The van der Waals surface area contributed by atoms with Gasteiger partial charge in [-0.1, -0.05) is 140 Å². The van der Waals surface area contributed by atoms with Crippen molar-refractivity contribution in [2.24, 2.45) is 0 Å². The largest absolute Gasteiger partial charge is 0.135 e. The minimum absolute atomic E-state index is 1.27. The number of fused-ring (bicyclic) bond motifs is 12. The molecule has 0 aliphatic heterocycles. The van der Waals surface area contributed by atoms with Crippen LogP contribution in [0.15, 0.2) is 158 Å². The van der Waals surface area contributed by atoms with Gasteiger partial charge in [-0.25, -0.2) is 0 Å². The van der Waals surface area contributed by atoms with E-state index < -0.39 is 0 Å². The van der Waals surface area contributed by atoms with Crippen LogP contribution in [0.2, 0.25) is 0 Å². The van der Waals surface area contributed by atoms with Crippen molar-refractivity contribution in [3.63, 3.8) is 0 Å². The number of rotatable bonds is 2. The second-order valence-electron chi connectivity index (χ2n) is 12.8. The van der Waals surface area contributed by atoms with E-state index in [1.807, 2.05) is 22.7 Å². The van der Waals surface area contributed by atoms with E-state index in [0.29, 0.717) is 0 Å². The SMILES string of the molecule is c1ccc2c(-c3c4ccccc4c(-c4ccc5c(c4)sc4c5ccc5sc6ccc7ccccc7c6c54)c4ccccc34)cccc2c1. The second-order valence-corrected chi connectivity index (χ2v) is 14.9. The van der Waals surface area contributed by atoms with Crippen LogP contribution in [0.3, 0.4) is 0 Å². The topological polar surface area (TPSA) is 0 Å². The summed E-state index contributed by atoms with van der Waals surface area (Å²) in [5.41, 5.74) is 5.17. The van der Waals surface area contributed by atoms with Crippen molar-refractivity contribution in [2.75, 3.05) is 0 Å². The summed E-state index contributed by atoms with van der Waals surface area (Å²) in [7, 11) is 0. The molecule has 0 unspecified atom stereocenters. The summed E-state index contributed by atoms with van der Waals surface area (Å²) >= 11 is 3.86. The van der Waals surface area contributed by atoms with Crippen LogP contribution in [0.1, 0.15) is 0 Å². The number of benzene rings is 9. The number of hydrogen-bond acceptors (Lipinski definition) is 2. The van der Waals surface area contributed by atoms with Crippen LogP contribution in [0.5, 0.6) is 0 Å². The van der Waals surface area contributed by atoms with Crippen molar-refractivity contribution < 1.29 is 0 Å². The summed E-state index contributed by atoms with van der Waals surface area (Å²) in [6.07, 6.45) is 0. The van der Waals surface area contributed by atoms with Crippen molar-refractivity contribution in [2.45, 2.75) is 0 Å². The Kier molecular flexibility index (Phi) is 5.51. The summed E-state index contributed by atoms with van der Waals surface area (Å²) in [6, 6.07) is 58.7. The smallest absolute Gasteiger partial charge is 0.0448 e. The average Bonchev–Trinajstić information content (AvgIpc) is 3.72. The van der Waals surface area contributed by atoms with E-state index in [9.17, 15) is 0 Å². The van der Waals surface area contributed by atoms with Crippen LogP contribution in [0.25, 0.3) is 106 Å². The van der Waals surface area contributed by atoms with Crippen LogP contribution < -0.4 is 0 Å². The summed E-state index contributed by atoms with van der Waals surface area (Å²) in [6.45, 7) is 0. The highest BCUT2D eigenvalue weighted by molar-refractivity contribution is 7.30.